The third-order valence-corrected chi connectivity index (χ3v) is 10.8. The van der Waals surface area contributed by atoms with Crippen LogP contribution in [0.15, 0.2) is 54.7 Å². The van der Waals surface area contributed by atoms with Crippen molar-refractivity contribution in [3.63, 3.8) is 0 Å². The summed E-state index contributed by atoms with van der Waals surface area (Å²) in [7, 11) is 1.69. The number of nitrogens with zero attached hydrogens (tertiary/aromatic N) is 8. The van der Waals surface area contributed by atoms with Crippen LogP contribution in [0.5, 0.6) is 5.75 Å². The Hall–Kier alpha value is -5.89. The van der Waals surface area contributed by atoms with E-state index in [1.165, 1.54) is 4.90 Å². The lowest BCUT2D eigenvalue weighted by Gasteiger charge is -2.34. The minimum Gasteiger partial charge on any atom is -0.487 e. The summed E-state index contributed by atoms with van der Waals surface area (Å²) in [4.78, 5) is 74.5. The van der Waals surface area contributed by atoms with Crippen LogP contribution in [0.25, 0.3) is 12.2 Å². The molecule has 404 valence electrons. The minimum atomic E-state index is -0.657. The van der Waals surface area contributed by atoms with E-state index < -0.39 is 28.5 Å². The molecule has 2 heterocycles. The third-order valence-electron chi connectivity index (χ3n) is 10.8. The van der Waals surface area contributed by atoms with E-state index in [-0.39, 0.29) is 56.6 Å². The fourth-order valence-corrected chi connectivity index (χ4v) is 7.39. The highest BCUT2D eigenvalue weighted by Gasteiger charge is 2.27. The number of carbonyl (C=O) groups excluding carboxylic acids is 5. The van der Waals surface area contributed by atoms with Gasteiger partial charge in [0.1, 0.15) is 40.5 Å². The number of aromatic nitrogens is 3. The quantitative estimate of drug-likeness (QED) is 0.0660. The Labute approximate surface area is 433 Å². The van der Waals surface area contributed by atoms with Crippen LogP contribution in [-0.2, 0) is 51.3 Å². The van der Waals surface area contributed by atoms with Gasteiger partial charge in [-0.2, -0.15) is 0 Å². The number of benzene rings is 2. The van der Waals surface area contributed by atoms with Crippen LogP contribution in [0, 0.1) is 0 Å². The number of nitrogens with one attached hydrogen (secondary N) is 1. The number of hydrogen-bond donors (Lipinski definition) is 1. The predicted molar refractivity (Wildman–Crippen MR) is 282 cm³/mol. The average Bonchev–Trinajstić information content (AvgIpc) is 3.72. The van der Waals surface area contributed by atoms with Gasteiger partial charge in [-0.25, -0.2) is 4.79 Å². The lowest BCUT2D eigenvalue weighted by Crippen LogP contribution is -2.50. The Balaban J connectivity index is 1.29. The highest BCUT2D eigenvalue weighted by molar-refractivity contribution is 5.87. The van der Waals surface area contributed by atoms with E-state index in [0.29, 0.717) is 83.3 Å². The number of hydrogen-bond acceptors (Lipinski definition) is 16. The van der Waals surface area contributed by atoms with Gasteiger partial charge in [0, 0.05) is 78.2 Å². The second-order valence-corrected chi connectivity index (χ2v) is 22.4. The summed E-state index contributed by atoms with van der Waals surface area (Å²) in [6.07, 6.45) is 6.04. The SMILES string of the molecule is CN(C(=O)OC(C)(C)C)c1ccc(/C=C/c2ccc(OCc3cn(CCCNC(=O)CN4CCN(CC(=O)OC(C)(C)C)CCN(CC(=O)OC(C)(C)C)CCN(CC(=O)OC(C)(C)C)CC4)nn3)cc2)cc1. The predicted octanol–water partition coefficient (Wildman–Crippen LogP) is 6.15. The Morgan fingerprint density at radius 1 is 0.575 bits per heavy atom. The van der Waals surface area contributed by atoms with E-state index in [1.807, 2.05) is 170 Å². The van der Waals surface area contributed by atoms with E-state index in [1.54, 1.807) is 11.7 Å². The van der Waals surface area contributed by atoms with Gasteiger partial charge in [0.25, 0.3) is 0 Å². The topological polar surface area (TPSA) is 190 Å². The van der Waals surface area contributed by atoms with Gasteiger partial charge >= 0.3 is 24.0 Å². The van der Waals surface area contributed by atoms with Gasteiger partial charge in [0.15, 0.2) is 0 Å². The summed E-state index contributed by atoms with van der Waals surface area (Å²) in [6.45, 7) is 27.0. The van der Waals surface area contributed by atoms with Crippen LogP contribution >= 0.6 is 0 Å². The first-order valence-electron chi connectivity index (χ1n) is 25.2. The molecule has 2 amide bonds. The molecule has 19 heteroatoms. The lowest BCUT2D eigenvalue weighted by atomic mass is 10.1. The van der Waals surface area contributed by atoms with Crippen LogP contribution < -0.4 is 15.0 Å². The van der Waals surface area contributed by atoms with Gasteiger partial charge in [-0.1, -0.05) is 41.6 Å². The first-order valence-corrected chi connectivity index (χ1v) is 25.2. The Morgan fingerprint density at radius 2 is 0.973 bits per heavy atom. The molecule has 1 saturated heterocycles. The standard InChI is InChI=1S/C54H83N9O10/c1-51(2,3)70-47(65)37-60-29-27-59(28-30-61(38-48(66)71-52(4,5)6)32-34-62(33-31-60)39-49(67)72-53(7,8)9)36-46(64)55-25-14-26-63-35-43(56-57-63)40-69-45-23-19-42(20-24-45)16-15-41-17-21-44(22-18-41)58(13)50(68)73-54(10,11)12/h15-24,35H,14,25-34,36-40H2,1-13H3,(H,55,64)/b16-15+. The van der Waals surface area contributed by atoms with Gasteiger partial charge in [-0.05, 0) is 125 Å². The van der Waals surface area contributed by atoms with Crippen LogP contribution in [-0.4, -0.2) is 179 Å². The molecule has 1 aliphatic heterocycles. The van der Waals surface area contributed by atoms with Crippen molar-refractivity contribution in [2.75, 3.05) is 97.0 Å². The first kappa shape index (κ1) is 59.7. The van der Waals surface area contributed by atoms with Crippen molar-refractivity contribution in [3.05, 3.63) is 71.5 Å². The molecule has 1 aliphatic rings. The van der Waals surface area contributed by atoms with Crippen molar-refractivity contribution >= 4 is 47.7 Å². The van der Waals surface area contributed by atoms with Gasteiger partial charge < -0.3 is 29.0 Å². The zero-order valence-electron chi connectivity index (χ0n) is 45.8. The Kier molecular flexibility index (Phi) is 22.4. The van der Waals surface area contributed by atoms with E-state index in [9.17, 15) is 24.0 Å². The van der Waals surface area contributed by atoms with Crippen molar-refractivity contribution < 1.29 is 47.7 Å². The van der Waals surface area contributed by atoms with Crippen molar-refractivity contribution in [2.24, 2.45) is 0 Å². The first-order chi connectivity index (χ1) is 34.1. The second kappa shape index (κ2) is 27.4. The number of ether oxygens (including phenoxy) is 5. The fourth-order valence-electron chi connectivity index (χ4n) is 7.39. The van der Waals surface area contributed by atoms with Crippen molar-refractivity contribution in [3.8, 4) is 5.75 Å². The van der Waals surface area contributed by atoms with E-state index in [4.69, 9.17) is 23.7 Å². The van der Waals surface area contributed by atoms with Gasteiger partial charge in [-0.15, -0.1) is 5.10 Å². The third kappa shape index (κ3) is 25.1. The molecule has 2 aromatic carbocycles. The summed E-state index contributed by atoms with van der Waals surface area (Å²) >= 11 is 0. The van der Waals surface area contributed by atoms with Crippen LogP contribution in [0.1, 0.15) is 106 Å². The maximum atomic E-state index is 13.5. The molecular weight excluding hydrogens is 935 g/mol. The molecule has 0 aliphatic carbocycles. The minimum absolute atomic E-state index is 0.0433. The second-order valence-electron chi connectivity index (χ2n) is 22.4. The maximum absolute atomic E-state index is 13.5. The highest BCUT2D eigenvalue weighted by atomic mass is 16.6. The molecule has 73 heavy (non-hydrogen) atoms. The molecule has 1 fully saturated rings. The van der Waals surface area contributed by atoms with Crippen LogP contribution in [0.2, 0.25) is 0 Å². The fraction of sp³-hybridized carbons (Fsp3) is 0.611. The normalized spacial score (nSPS) is 15.5. The molecule has 19 nitrogen and oxygen atoms in total. The molecule has 0 spiro atoms. The molecule has 0 bridgehead atoms. The number of anilines is 1. The summed E-state index contributed by atoms with van der Waals surface area (Å²) in [5, 5.41) is 11.6. The molecule has 4 rings (SSSR count). The van der Waals surface area contributed by atoms with E-state index in [2.05, 4.69) is 15.6 Å². The van der Waals surface area contributed by atoms with Gasteiger partial charge in [-0.3, -0.25) is 48.4 Å². The molecule has 0 unspecified atom stereocenters. The maximum Gasteiger partial charge on any atom is 0.414 e. The molecule has 3 aromatic rings. The van der Waals surface area contributed by atoms with Crippen molar-refractivity contribution in [2.45, 2.75) is 125 Å². The molecular formula is C54H83N9O10. The summed E-state index contributed by atoms with van der Waals surface area (Å²) in [6, 6.07) is 15.4. The number of rotatable bonds is 18. The van der Waals surface area contributed by atoms with E-state index in [0.717, 1.165) is 16.8 Å². The zero-order valence-corrected chi connectivity index (χ0v) is 45.8. The molecule has 0 atom stereocenters. The van der Waals surface area contributed by atoms with Gasteiger partial charge in [0.2, 0.25) is 5.91 Å². The monoisotopic (exact) mass is 1020 g/mol. The van der Waals surface area contributed by atoms with E-state index >= 15 is 0 Å². The smallest absolute Gasteiger partial charge is 0.414 e. The number of amides is 2. The highest BCUT2D eigenvalue weighted by Crippen LogP contribution is 2.20. The average molecular weight is 1020 g/mol. The summed E-state index contributed by atoms with van der Waals surface area (Å²) < 4.78 is 30.2. The summed E-state index contributed by atoms with van der Waals surface area (Å²) in [5.41, 5.74) is 0.847. The zero-order chi connectivity index (χ0) is 54.0. The van der Waals surface area contributed by atoms with Gasteiger partial charge in [0.05, 0.1) is 32.4 Å². The Morgan fingerprint density at radius 3 is 1.38 bits per heavy atom. The molecule has 0 saturated carbocycles. The molecule has 0 radical (unpaired) electrons. The Bertz CT molecular complexity index is 2210. The van der Waals surface area contributed by atoms with Crippen molar-refractivity contribution in [1.82, 2.24) is 39.9 Å². The molecule has 1 aromatic heterocycles. The van der Waals surface area contributed by atoms with Crippen molar-refractivity contribution in [1.29, 1.82) is 0 Å². The summed E-state index contributed by atoms with van der Waals surface area (Å²) in [5.74, 6) is -0.540. The number of aryl methyl sites for hydroxylation is 1. The van der Waals surface area contributed by atoms with Crippen LogP contribution in [0.3, 0.4) is 0 Å². The largest absolute Gasteiger partial charge is 0.487 e. The number of esters is 3. The van der Waals surface area contributed by atoms with Crippen LogP contribution in [0.4, 0.5) is 10.5 Å². The molecule has 1 N–H and O–H groups in total. The lowest BCUT2D eigenvalue weighted by molar-refractivity contribution is -0.158. The number of carbonyl (C=O) groups is 5.